The lowest BCUT2D eigenvalue weighted by Crippen LogP contribution is -2.12. The first-order valence-electron chi connectivity index (χ1n) is 8.05. The van der Waals surface area contributed by atoms with Crippen molar-refractivity contribution in [3.05, 3.63) is 60.4 Å². The fraction of sp³-hybridized carbons (Fsp3) is 0.167. The first-order valence-corrected chi connectivity index (χ1v) is 8.05. The fourth-order valence-electron chi connectivity index (χ4n) is 2.41. The molecule has 0 aliphatic carbocycles. The third kappa shape index (κ3) is 4.70. The second-order valence-corrected chi connectivity index (χ2v) is 5.52. The first-order chi connectivity index (χ1) is 13.0. The van der Waals surface area contributed by atoms with Gasteiger partial charge in [0.2, 0.25) is 5.95 Å². The molecule has 27 heavy (non-hydrogen) atoms. The molecule has 1 aromatic carbocycles. The Morgan fingerprint density at radius 2 is 1.74 bits per heavy atom. The number of anilines is 3. The van der Waals surface area contributed by atoms with E-state index in [9.17, 15) is 13.2 Å². The van der Waals surface area contributed by atoms with Crippen LogP contribution >= 0.6 is 0 Å². The summed E-state index contributed by atoms with van der Waals surface area (Å²) in [7, 11) is 0. The number of halogens is 3. The molecule has 0 aliphatic rings. The van der Waals surface area contributed by atoms with Crippen molar-refractivity contribution in [1.82, 2.24) is 15.0 Å². The molecule has 3 rings (SSSR count). The Balaban J connectivity index is 2.00. The van der Waals surface area contributed by atoms with Gasteiger partial charge in [-0.2, -0.15) is 18.2 Å². The summed E-state index contributed by atoms with van der Waals surface area (Å²) < 4.78 is 39.7. The van der Waals surface area contributed by atoms with Gasteiger partial charge in [0.1, 0.15) is 5.82 Å². The van der Waals surface area contributed by atoms with Crippen molar-refractivity contribution >= 4 is 17.5 Å². The van der Waals surface area contributed by atoms with Crippen molar-refractivity contribution in [1.29, 1.82) is 0 Å². The summed E-state index contributed by atoms with van der Waals surface area (Å²) in [6.07, 6.45) is -1.32. The molecule has 3 N–H and O–H groups in total. The molecule has 0 unspecified atom stereocenters. The molecule has 3 aromatic rings. The number of aliphatic hydroxyl groups is 1. The van der Waals surface area contributed by atoms with Crippen LogP contribution in [-0.4, -0.2) is 33.2 Å². The molecule has 0 saturated carbocycles. The highest BCUT2D eigenvalue weighted by molar-refractivity contribution is 5.68. The zero-order valence-corrected chi connectivity index (χ0v) is 14.0. The Hall–Kier alpha value is -3.20. The van der Waals surface area contributed by atoms with Crippen LogP contribution in [0.2, 0.25) is 0 Å². The average molecular weight is 375 g/mol. The number of hydrogen-bond acceptors (Lipinski definition) is 6. The highest BCUT2D eigenvalue weighted by Gasteiger charge is 2.33. The van der Waals surface area contributed by atoms with Gasteiger partial charge in [0, 0.05) is 30.6 Å². The maximum Gasteiger partial charge on any atom is 0.418 e. The number of aliphatic hydroxyl groups excluding tert-OH is 1. The number of pyridine rings is 1. The summed E-state index contributed by atoms with van der Waals surface area (Å²) in [5, 5.41) is 14.5. The van der Waals surface area contributed by atoms with Gasteiger partial charge in [-0.1, -0.05) is 12.1 Å². The molecule has 0 aliphatic heterocycles. The number of rotatable bonds is 6. The van der Waals surface area contributed by atoms with E-state index >= 15 is 0 Å². The molecule has 0 bridgehead atoms. The van der Waals surface area contributed by atoms with Gasteiger partial charge >= 0.3 is 6.18 Å². The third-order valence-corrected chi connectivity index (χ3v) is 3.59. The minimum atomic E-state index is -4.50. The van der Waals surface area contributed by atoms with Gasteiger partial charge in [0.15, 0.2) is 0 Å². The number of nitrogens with zero attached hydrogens (tertiary/aromatic N) is 3. The van der Waals surface area contributed by atoms with Crippen LogP contribution in [0.4, 0.5) is 30.6 Å². The van der Waals surface area contributed by atoms with E-state index in [1.165, 1.54) is 18.2 Å². The number of benzene rings is 1. The standard InChI is InChI=1S/C18H16F3N5O/c19-18(20,21)13-3-1-2-4-14(13)24-16-11-15(12-5-7-22-8-6-12)25-17(26-16)23-9-10-27/h1-8,11,27H,9-10H2,(H2,23,24,25,26). The predicted octanol–water partition coefficient (Wildman–Crippen LogP) is 3.71. The zero-order chi connectivity index (χ0) is 19.3. The van der Waals surface area contributed by atoms with Gasteiger partial charge in [-0.15, -0.1) is 0 Å². The first kappa shape index (κ1) is 18.6. The lowest BCUT2D eigenvalue weighted by atomic mass is 10.1. The summed E-state index contributed by atoms with van der Waals surface area (Å²) in [4.78, 5) is 12.5. The Morgan fingerprint density at radius 3 is 2.44 bits per heavy atom. The summed E-state index contributed by atoms with van der Waals surface area (Å²) in [5.74, 6) is 0.374. The zero-order valence-electron chi connectivity index (χ0n) is 14.0. The van der Waals surface area contributed by atoms with Crippen molar-refractivity contribution in [3.8, 4) is 11.3 Å². The van der Waals surface area contributed by atoms with E-state index in [2.05, 4.69) is 25.6 Å². The molecule has 0 atom stereocenters. The Kier molecular flexibility index (Phi) is 5.51. The van der Waals surface area contributed by atoms with Gasteiger partial charge in [-0.3, -0.25) is 4.98 Å². The minimum absolute atomic E-state index is 0.113. The van der Waals surface area contributed by atoms with Crippen LogP contribution in [0.3, 0.4) is 0 Å². The minimum Gasteiger partial charge on any atom is -0.395 e. The van der Waals surface area contributed by atoms with Crippen LogP contribution in [0.1, 0.15) is 5.56 Å². The molecule has 9 heteroatoms. The fourth-order valence-corrected chi connectivity index (χ4v) is 2.41. The molecule has 140 valence electrons. The van der Waals surface area contributed by atoms with E-state index in [1.54, 1.807) is 30.6 Å². The van der Waals surface area contributed by atoms with Crippen LogP contribution in [0.25, 0.3) is 11.3 Å². The predicted molar refractivity (Wildman–Crippen MR) is 95.6 cm³/mol. The van der Waals surface area contributed by atoms with Crippen LogP contribution in [0.15, 0.2) is 54.9 Å². The molecule has 2 aromatic heterocycles. The summed E-state index contributed by atoms with van der Waals surface area (Å²) in [6, 6.07) is 10.2. The molecular weight excluding hydrogens is 359 g/mol. The van der Waals surface area contributed by atoms with E-state index in [4.69, 9.17) is 5.11 Å². The van der Waals surface area contributed by atoms with Crippen molar-refractivity contribution in [2.75, 3.05) is 23.8 Å². The van der Waals surface area contributed by atoms with Gasteiger partial charge in [-0.25, -0.2) is 4.98 Å². The van der Waals surface area contributed by atoms with Crippen LogP contribution in [0.5, 0.6) is 0 Å². The van der Waals surface area contributed by atoms with Gasteiger partial charge in [0.25, 0.3) is 0 Å². The van der Waals surface area contributed by atoms with Gasteiger partial charge in [-0.05, 0) is 24.3 Å². The number of para-hydroxylation sites is 1. The second kappa shape index (κ2) is 8.00. The van der Waals surface area contributed by atoms with E-state index in [0.29, 0.717) is 5.69 Å². The van der Waals surface area contributed by atoms with E-state index in [1.807, 2.05) is 0 Å². The van der Waals surface area contributed by atoms with Crippen LogP contribution < -0.4 is 10.6 Å². The lowest BCUT2D eigenvalue weighted by Gasteiger charge is -2.15. The van der Waals surface area contributed by atoms with Crippen molar-refractivity contribution in [2.45, 2.75) is 6.18 Å². The highest BCUT2D eigenvalue weighted by atomic mass is 19.4. The molecule has 0 saturated heterocycles. The SMILES string of the molecule is OCCNc1nc(Nc2ccccc2C(F)(F)F)cc(-c2ccncc2)n1. The van der Waals surface area contributed by atoms with Crippen LogP contribution in [-0.2, 0) is 6.18 Å². The highest BCUT2D eigenvalue weighted by Crippen LogP contribution is 2.36. The summed E-state index contributed by atoms with van der Waals surface area (Å²) in [6.45, 7) is 0.0703. The summed E-state index contributed by atoms with van der Waals surface area (Å²) in [5.41, 5.74) is 0.322. The maximum absolute atomic E-state index is 13.2. The van der Waals surface area contributed by atoms with Gasteiger partial charge < -0.3 is 15.7 Å². The largest absolute Gasteiger partial charge is 0.418 e. The number of nitrogens with one attached hydrogen (secondary N) is 2. The second-order valence-electron chi connectivity index (χ2n) is 5.52. The van der Waals surface area contributed by atoms with Crippen LogP contribution in [0, 0.1) is 0 Å². The molecular formula is C18H16F3N5O. The average Bonchev–Trinajstić information content (AvgIpc) is 2.66. The van der Waals surface area contributed by atoms with Crippen molar-refractivity contribution < 1.29 is 18.3 Å². The number of aromatic nitrogens is 3. The molecule has 6 nitrogen and oxygen atoms in total. The monoisotopic (exact) mass is 375 g/mol. The summed E-state index contributed by atoms with van der Waals surface area (Å²) >= 11 is 0. The van der Waals surface area contributed by atoms with E-state index < -0.39 is 11.7 Å². The Morgan fingerprint density at radius 1 is 1.00 bits per heavy atom. The van der Waals surface area contributed by atoms with E-state index in [0.717, 1.165) is 11.6 Å². The van der Waals surface area contributed by atoms with Crippen molar-refractivity contribution in [2.24, 2.45) is 0 Å². The molecule has 0 radical (unpaired) electrons. The van der Waals surface area contributed by atoms with Crippen molar-refractivity contribution in [3.63, 3.8) is 0 Å². The molecule has 2 heterocycles. The molecule has 0 amide bonds. The Labute approximate surface area is 153 Å². The lowest BCUT2D eigenvalue weighted by molar-refractivity contribution is -0.136. The topological polar surface area (TPSA) is 83.0 Å². The van der Waals surface area contributed by atoms with E-state index in [-0.39, 0.29) is 30.6 Å². The normalized spacial score (nSPS) is 11.3. The van der Waals surface area contributed by atoms with Gasteiger partial charge in [0.05, 0.1) is 23.6 Å². The molecule has 0 spiro atoms. The smallest absolute Gasteiger partial charge is 0.395 e. The molecule has 0 fully saturated rings. The number of alkyl halides is 3. The maximum atomic E-state index is 13.2. The quantitative estimate of drug-likeness (QED) is 0.609. The Bertz CT molecular complexity index is 903. The number of hydrogen-bond donors (Lipinski definition) is 3. The third-order valence-electron chi connectivity index (χ3n) is 3.59.